The van der Waals surface area contributed by atoms with E-state index in [2.05, 4.69) is 26.3 Å². The van der Waals surface area contributed by atoms with Gasteiger partial charge in [-0.2, -0.15) is 5.10 Å². The number of nitrogens with zero attached hydrogens (tertiary/aromatic N) is 2. The van der Waals surface area contributed by atoms with Crippen molar-refractivity contribution in [2.24, 2.45) is 12.8 Å². The third-order valence-electron chi connectivity index (χ3n) is 3.87. The van der Waals surface area contributed by atoms with Crippen LogP contribution in [0.2, 0.25) is 5.02 Å². The van der Waals surface area contributed by atoms with Crippen LogP contribution in [-0.4, -0.2) is 28.8 Å². The first kappa shape index (κ1) is 19.4. The summed E-state index contributed by atoms with van der Waals surface area (Å²) in [5.41, 5.74) is 8.15. The van der Waals surface area contributed by atoms with E-state index in [0.717, 1.165) is 10.0 Å². The molecule has 3 rings (SSSR count). The molecule has 3 N–H and O–H groups in total. The quantitative estimate of drug-likeness (QED) is 0.594. The number of rotatable bonds is 6. The minimum absolute atomic E-state index is 0.208. The molecule has 0 spiro atoms. The monoisotopic (exact) mass is 448 g/mol. The molecule has 0 aliphatic heterocycles. The molecular weight excluding hydrogens is 432 g/mol. The van der Waals surface area contributed by atoms with E-state index in [1.54, 1.807) is 42.2 Å². The van der Waals surface area contributed by atoms with Crippen molar-refractivity contribution < 1.29 is 9.53 Å². The zero-order chi connectivity index (χ0) is 19.4. The Kier molecular flexibility index (Phi) is 6.15. The minimum Gasteiger partial charge on any atom is -0.492 e. The van der Waals surface area contributed by atoms with Crippen molar-refractivity contribution in [2.75, 3.05) is 18.5 Å². The SMILES string of the molecule is Cn1ncc(Cl)c1-c1cc(NC(=O)c2ccc(Br)cc2)ccc1OCCN. The summed E-state index contributed by atoms with van der Waals surface area (Å²) in [5.74, 6) is 0.410. The summed E-state index contributed by atoms with van der Waals surface area (Å²) in [5, 5.41) is 7.56. The van der Waals surface area contributed by atoms with Crippen LogP contribution >= 0.6 is 27.5 Å². The van der Waals surface area contributed by atoms with Crippen LogP contribution in [0, 0.1) is 0 Å². The van der Waals surface area contributed by atoms with Gasteiger partial charge in [0.2, 0.25) is 0 Å². The lowest BCUT2D eigenvalue weighted by atomic mass is 10.1. The number of nitrogens with two attached hydrogens (primary N) is 1. The van der Waals surface area contributed by atoms with E-state index in [0.29, 0.717) is 40.9 Å². The van der Waals surface area contributed by atoms with Crippen LogP contribution in [0.4, 0.5) is 5.69 Å². The van der Waals surface area contributed by atoms with Crippen molar-refractivity contribution in [2.45, 2.75) is 0 Å². The van der Waals surface area contributed by atoms with Crippen LogP contribution in [-0.2, 0) is 7.05 Å². The molecule has 27 heavy (non-hydrogen) atoms. The Morgan fingerprint density at radius 1 is 1.30 bits per heavy atom. The van der Waals surface area contributed by atoms with E-state index in [-0.39, 0.29) is 5.91 Å². The number of hydrogen-bond acceptors (Lipinski definition) is 4. The molecule has 0 atom stereocenters. The molecule has 3 aromatic rings. The average Bonchev–Trinajstić information content (AvgIpc) is 2.99. The molecule has 1 amide bonds. The molecule has 6 nitrogen and oxygen atoms in total. The largest absolute Gasteiger partial charge is 0.492 e. The molecule has 1 aromatic heterocycles. The van der Waals surface area contributed by atoms with Crippen LogP contribution in [0.1, 0.15) is 10.4 Å². The second-order valence-electron chi connectivity index (χ2n) is 5.77. The van der Waals surface area contributed by atoms with E-state index in [1.807, 2.05) is 18.2 Å². The van der Waals surface area contributed by atoms with Gasteiger partial charge < -0.3 is 15.8 Å². The van der Waals surface area contributed by atoms with Gasteiger partial charge in [0.05, 0.1) is 16.9 Å². The van der Waals surface area contributed by atoms with Crippen LogP contribution in [0.3, 0.4) is 0 Å². The third kappa shape index (κ3) is 4.50. The fraction of sp³-hybridized carbons (Fsp3) is 0.158. The number of anilines is 1. The lowest BCUT2D eigenvalue weighted by Crippen LogP contribution is -2.13. The summed E-state index contributed by atoms with van der Waals surface area (Å²) in [7, 11) is 1.79. The Labute approximate surface area is 170 Å². The van der Waals surface area contributed by atoms with E-state index in [4.69, 9.17) is 22.1 Å². The predicted molar refractivity (Wildman–Crippen MR) is 110 cm³/mol. The minimum atomic E-state index is -0.208. The maximum Gasteiger partial charge on any atom is 0.255 e. The van der Waals surface area contributed by atoms with Crippen molar-refractivity contribution in [3.05, 3.63) is 63.7 Å². The summed E-state index contributed by atoms with van der Waals surface area (Å²) in [4.78, 5) is 12.5. The normalized spacial score (nSPS) is 10.7. The Morgan fingerprint density at radius 3 is 2.67 bits per heavy atom. The fourth-order valence-corrected chi connectivity index (χ4v) is 3.14. The number of ether oxygens (including phenoxy) is 1. The molecule has 0 saturated heterocycles. The molecule has 1 heterocycles. The van der Waals surface area contributed by atoms with Gasteiger partial charge in [0.15, 0.2) is 0 Å². The van der Waals surface area contributed by atoms with Gasteiger partial charge in [-0.15, -0.1) is 0 Å². The summed E-state index contributed by atoms with van der Waals surface area (Å²) in [6, 6.07) is 12.5. The van der Waals surface area contributed by atoms with Crippen molar-refractivity contribution in [3.8, 4) is 17.0 Å². The Bertz CT molecular complexity index is 937. The Hall–Kier alpha value is -2.35. The van der Waals surface area contributed by atoms with Gasteiger partial charge in [0.25, 0.3) is 5.91 Å². The summed E-state index contributed by atoms with van der Waals surface area (Å²) in [6.45, 7) is 0.758. The number of nitrogens with one attached hydrogen (secondary N) is 1. The maximum atomic E-state index is 12.5. The molecule has 0 fully saturated rings. The first-order valence-corrected chi connectivity index (χ1v) is 9.38. The van der Waals surface area contributed by atoms with Gasteiger partial charge in [0, 0.05) is 34.9 Å². The Balaban J connectivity index is 1.94. The highest BCUT2D eigenvalue weighted by molar-refractivity contribution is 9.10. The van der Waals surface area contributed by atoms with Crippen LogP contribution in [0.15, 0.2) is 53.1 Å². The standard InChI is InChI=1S/C19H18BrClN4O2/c1-25-18(16(21)11-23-25)15-10-14(6-7-17(15)27-9-8-22)24-19(26)12-2-4-13(20)5-3-12/h2-7,10-11H,8-9,22H2,1H3,(H,24,26). The number of aromatic nitrogens is 2. The first-order chi connectivity index (χ1) is 13.0. The zero-order valence-corrected chi connectivity index (χ0v) is 16.9. The van der Waals surface area contributed by atoms with Crippen molar-refractivity contribution in [1.82, 2.24) is 9.78 Å². The second-order valence-corrected chi connectivity index (χ2v) is 7.10. The fourth-order valence-electron chi connectivity index (χ4n) is 2.61. The van der Waals surface area contributed by atoms with E-state index >= 15 is 0 Å². The van der Waals surface area contributed by atoms with Gasteiger partial charge in [-0.1, -0.05) is 27.5 Å². The number of carbonyl (C=O) groups excluding carboxylic acids is 1. The van der Waals surface area contributed by atoms with Gasteiger partial charge in [-0.3, -0.25) is 9.48 Å². The average molecular weight is 450 g/mol. The van der Waals surface area contributed by atoms with Gasteiger partial charge in [0.1, 0.15) is 12.4 Å². The summed E-state index contributed by atoms with van der Waals surface area (Å²) < 4.78 is 8.31. The number of amides is 1. The molecule has 0 bridgehead atoms. The van der Waals surface area contributed by atoms with Gasteiger partial charge >= 0.3 is 0 Å². The highest BCUT2D eigenvalue weighted by atomic mass is 79.9. The Morgan fingerprint density at radius 2 is 2.04 bits per heavy atom. The van der Waals surface area contributed by atoms with Crippen molar-refractivity contribution in [3.63, 3.8) is 0 Å². The van der Waals surface area contributed by atoms with E-state index < -0.39 is 0 Å². The van der Waals surface area contributed by atoms with Crippen LogP contribution in [0.5, 0.6) is 5.75 Å². The van der Waals surface area contributed by atoms with Gasteiger partial charge in [-0.25, -0.2) is 0 Å². The second kappa shape index (κ2) is 8.56. The molecule has 140 valence electrons. The molecule has 0 unspecified atom stereocenters. The van der Waals surface area contributed by atoms with Gasteiger partial charge in [-0.05, 0) is 42.5 Å². The molecule has 0 saturated carbocycles. The number of carbonyl (C=O) groups is 1. The molecule has 0 aliphatic rings. The van der Waals surface area contributed by atoms with Crippen LogP contribution < -0.4 is 15.8 Å². The smallest absolute Gasteiger partial charge is 0.255 e. The lowest BCUT2D eigenvalue weighted by Gasteiger charge is -2.14. The summed E-state index contributed by atoms with van der Waals surface area (Å²) >= 11 is 9.66. The molecule has 0 aliphatic carbocycles. The highest BCUT2D eigenvalue weighted by Gasteiger charge is 2.16. The van der Waals surface area contributed by atoms with Crippen LogP contribution in [0.25, 0.3) is 11.3 Å². The first-order valence-electron chi connectivity index (χ1n) is 8.21. The highest BCUT2D eigenvalue weighted by Crippen LogP contribution is 2.36. The van der Waals surface area contributed by atoms with E-state index in [9.17, 15) is 4.79 Å². The number of aryl methyl sites for hydroxylation is 1. The predicted octanol–water partition coefficient (Wildman–Crippen LogP) is 4.09. The lowest BCUT2D eigenvalue weighted by molar-refractivity contribution is 0.102. The maximum absolute atomic E-state index is 12.5. The topological polar surface area (TPSA) is 82.2 Å². The van der Waals surface area contributed by atoms with E-state index in [1.165, 1.54) is 0 Å². The third-order valence-corrected chi connectivity index (χ3v) is 4.67. The van der Waals surface area contributed by atoms with Crippen molar-refractivity contribution in [1.29, 1.82) is 0 Å². The molecule has 2 aromatic carbocycles. The van der Waals surface area contributed by atoms with Crippen molar-refractivity contribution >= 4 is 39.1 Å². The molecular formula is C19H18BrClN4O2. The zero-order valence-electron chi connectivity index (χ0n) is 14.6. The number of halogens is 2. The molecule has 0 radical (unpaired) electrons. The summed E-state index contributed by atoms with van der Waals surface area (Å²) in [6.07, 6.45) is 1.57. The number of hydrogen-bond donors (Lipinski definition) is 2. The number of benzene rings is 2. The molecule has 8 heteroatoms.